The van der Waals surface area contributed by atoms with Crippen molar-refractivity contribution in [3.8, 4) is 0 Å². The average molecular weight is 426 g/mol. The third-order valence-corrected chi connectivity index (χ3v) is 4.49. The van der Waals surface area contributed by atoms with Gasteiger partial charge < -0.3 is 19.7 Å². The zero-order chi connectivity index (χ0) is 21.8. The molecule has 2 aromatic heterocycles. The van der Waals surface area contributed by atoms with Crippen LogP contribution in [0.1, 0.15) is 31.7 Å². The molecule has 0 saturated carbocycles. The van der Waals surface area contributed by atoms with E-state index in [1.807, 2.05) is 6.92 Å². The minimum Gasteiger partial charge on any atom is -0.449 e. The van der Waals surface area contributed by atoms with Gasteiger partial charge in [-0.05, 0) is 13.3 Å². The van der Waals surface area contributed by atoms with Gasteiger partial charge in [0.25, 0.3) is 0 Å². The molecular formula is C17H23FN6O6. The van der Waals surface area contributed by atoms with Crippen LogP contribution in [0.4, 0.5) is 15.0 Å². The first-order valence-corrected chi connectivity index (χ1v) is 9.41. The van der Waals surface area contributed by atoms with Gasteiger partial charge in [0, 0.05) is 6.20 Å². The second-order valence-electron chi connectivity index (χ2n) is 6.87. The highest BCUT2D eigenvalue weighted by atomic mass is 19.1. The van der Waals surface area contributed by atoms with Gasteiger partial charge in [0.2, 0.25) is 0 Å². The summed E-state index contributed by atoms with van der Waals surface area (Å²) in [6.45, 7) is 3.85. The van der Waals surface area contributed by atoms with E-state index in [0.29, 0.717) is 16.7 Å². The number of unbranched alkanes of at least 4 members (excludes halogenated alkanes) is 1. The second kappa shape index (κ2) is 9.28. The van der Waals surface area contributed by atoms with Crippen molar-refractivity contribution in [2.75, 3.05) is 11.9 Å². The maximum atomic E-state index is 14.4. The number of anilines is 1. The van der Waals surface area contributed by atoms with Gasteiger partial charge in [-0.2, -0.15) is 4.98 Å². The lowest BCUT2D eigenvalue weighted by Gasteiger charge is -2.17. The molecule has 3 rings (SSSR count). The summed E-state index contributed by atoms with van der Waals surface area (Å²) in [6, 6.07) is 0. The summed E-state index contributed by atoms with van der Waals surface area (Å²) in [6.07, 6.45) is -2.33. The van der Waals surface area contributed by atoms with Crippen molar-refractivity contribution in [1.82, 2.24) is 24.5 Å². The highest BCUT2D eigenvalue weighted by molar-refractivity contribution is 5.83. The van der Waals surface area contributed by atoms with E-state index in [1.54, 1.807) is 13.1 Å². The second-order valence-corrected chi connectivity index (χ2v) is 6.87. The fourth-order valence-corrected chi connectivity index (χ4v) is 2.94. The Morgan fingerprint density at radius 1 is 1.37 bits per heavy atom. The summed E-state index contributed by atoms with van der Waals surface area (Å²) in [4.78, 5) is 27.5. The molecule has 2 aromatic rings. The number of aliphatic hydroxyl groups excluding tert-OH is 2. The summed E-state index contributed by atoms with van der Waals surface area (Å²) in [7, 11) is 0. The Bertz CT molecular complexity index is 949. The Labute approximate surface area is 170 Å². The minimum atomic E-state index is -1.52. The SMILES string of the molecule is CCCCOC(=O)Nc1nc(=O)n(C2OC(Cn3cc(C)nn3)C(O)C2O)cc1F. The number of amides is 1. The molecule has 3 heterocycles. The summed E-state index contributed by atoms with van der Waals surface area (Å²) in [5, 5.41) is 30.3. The molecule has 4 unspecified atom stereocenters. The summed E-state index contributed by atoms with van der Waals surface area (Å²) in [5.41, 5.74) is -0.341. The third-order valence-electron chi connectivity index (χ3n) is 4.49. The van der Waals surface area contributed by atoms with Crippen LogP contribution in [0, 0.1) is 12.7 Å². The number of aryl methyl sites for hydroxylation is 1. The number of nitrogens with one attached hydrogen (secondary N) is 1. The highest BCUT2D eigenvalue weighted by Crippen LogP contribution is 2.29. The molecule has 164 valence electrons. The maximum absolute atomic E-state index is 14.4. The summed E-state index contributed by atoms with van der Waals surface area (Å²) >= 11 is 0. The van der Waals surface area contributed by atoms with Crippen LogP contribution in [0.5, 0.6) is 0 Å². The minimum absolute atomic E-state index is 0.0590. The first kappa shape index (κ1) is 21.8. The molecule has 13 heteroatoms. The van der Waals surface area contributed by atoms with Crippen LogP contribution in [0.3, 0.4) is 0 Å². The molecule has 1 fully saturated rings. The quantitative estimate of drug-likeness (QED) is 0.517. The number of carbonyl (C=O) groups is 1. The zero-order valence-corrected chi connectivity index (χ0v) is 16.4. The molecule has 1 amide bonds. The van der Waals surface area contributed by atoms with Gasteiger partial charge in [0.1, 0.15) is 18.3 Å². The van der Waals surface area contributed by atoms with Crippen molar-refractivity contribution < 1.29 is 28.9 Å². The largest absolute Gasteiger partial charge is 0.449 e. The predicted molar refractivity (Wildman–Crippen MR) is 99.0 cm³/mol. The molecular weight excluding hydrogens is 403 g/mol. The Hall–Kier alpha value is -2.90. The number of ether oxygens (including phenoxy) is 2. The molecule has 1 aliphatic heterocycles. The number of aromatic nitrogens is 5. The van der Waals surface area contributed by atoms with Crippen LogP contribution in [-0.2, 0) is 16.0 Å². The molecule has 4 atom stereocenters. The van der Waals surface area contributed by atoms with E-state index in [0.717, 1.165) is 12.6 Å². The number of hydrogen-bond donors (Lipinski definition) is 3. The van der Waals surface area contributed by atoms with Crippen LogP contribution >= 0.6 is 0 Å². The van der Waals surface area contributed by atoms with Crippen LogP contribution in [0.25, 0.3) is 0 Å². The van der Waals surface area contributed by atoms with Gasteiger partial charge in [-0.3, -0.25) is 9.88 Å². The first-order valence-electron chi connectivity index (χ1n) is 9.41. The smallest absolute Gasteiger partial charge is 0.412 e. The van der Waals surface area contributed by atoms with E-state index in [2.05, 4.69) is 20.6 Å². The van der Waals surface area contributed by atoms with E-state index in [1.165, 1.54) is 4.68 Å². The first-order chi connectivity index (χ1) is 14.3. The topological polar surface area (TPSA) is 154 Å². The Kier molecular flexibility index (Phi) is 6.74. The van der Waals surface area contributed by atoms with Crippen LogP contribution in [-0.4, -0.2) is 65.8 Å². The third kappa shape index (κ3) is 4.80. The monoisotopic (exact) mass is 426 g/mol. The van der Waals surface area contributed by atoms with Crippen molar-refractivity contribution in [3.63, 3.8) is 0 Å². The van der Waals surface area contributed by atoms with E-state index < -0.39 is 48.0 Å². The molecule has 1 aliphatic rings. The number of rotatable bonds is 7. The Morgan fingerprint density at radius 3 is 2.80 bits per heavy atom. The lowest BCUT2D eigenvalue weighted by atomic mass is 10.1. The van der Waals surface area contributed by atoms with E-state index in [-0.39, 0.29) is 13.2 Å². The normalized spacial score (nSPS) is 23.5. The molecule has 30 heavy (non-hydrogen) atoms. The van der Waals surface area contributed by atoms with Crippen LogP contribution in [0.15, 0.2) is 17.2 Å². The van der Waals surface area contributed by atoms with E-state index in [4.69, 9.17) is 9.47 Å². The summed E-state index contributed by atoms with van der Waals surface area (Å²) < 4.78 is 26.9. The number of aliphatic hydroxyl groups is 2. The molecule has 0 aliphatic carbocycles. The molecule has 0 radical (unpaired) electrons. The van der Waals surface area contributed by atoms with Crippen molar-refractivity contribution in [2.24, 2.45) is 0 Å². The standard InChI is InChI=1S/C17H23FN6O6/c1-3-4-5-29-17(28)20-14-10(18)7-24(16(27)19-14)15-13(26)12(25)11(30-15)8-23-6-9(2)21-22-23/h6-7,11-13,15,25-26H,3-5,8H2,1-2H3,(H,19,20,27,28). The average Bonchev–Trinajstić information content (AvgIpc) is 3.23. The highest BCUT2D eigenvalue weighted by Gasteiger charge is 2.44. The number of halogens is 1. The lowest BCUT2D eigenvalue weighted by Crippen LogP contribution is -2.36. The van der Waals surface area contributed by atoms with Gasteiger partial charge in [0.05, 0.1) is 25.0 Å². The maximum Gasteiger partial charge on any atom is 0.412 e. The predicted octanol–water partition coefficient (Wildman–Crippen LogP) is -0.0497. The van der Waals surface area contributed by atoms with E-state index in [9.17, 15) is 24.2 Å². The van der Waals surface area contributed by atoms with Crippen molar-refractivity contribution in [1.29, 1.82) is 0 Å². The molecule has 0 bridgehead atoms. The van der Waals surface area contributed by atoms with Gasteiger partial charge >= 0.3 is 11.8 Å². The number of nitrogens with zero attached hydrogens (tertiary/aromatic N) is 5. The van der Waals surface area contributed by atoms with Gasteiger partial charge in [-0.25, -0.2) is 18.7 Å². The molecule has 0 aromatic carbocycles. The van der Waals surface area contributed by atoms with Crippen LogP contribution < -0.4 is 11.0 Å². The van der Waals surface area contributed by atoms with Crippen molar-refractivity contribution in [2.45, 2.75) is 57.8 Å². The van der Waals surface area contributed by atoms with E-state index >= 15 is 0 Å². The zero-order valence-electron chi connectivity index (χ0n) is 16.4. The van der Waals surface area contributed by atoms with Gasteiger partial charge in [-0.15, -0.1) is 5.10 Å². The number of hydrogen-bond acceptors (Lipinski definition) is 9. The van der Waals surface area contributed by atoms with Crippen molar-refractivity contribution in [3.05, 3.63) is 34.4 Å². The Morgan fingerprint density at radius 2 is 2.13 bits per heavy atom. The van der Waals surface area contributed by atoms with Gasteiger partial charge in [-0.1, -0.05) is 18.6 Å². The van der Waals surface area contributed by atoms with Gasteiger partial charge in [0.15, 0.2) is 17.9 Å². The lowest BCUT2D eigenvalue weighted by molar-refractivity contribution is -0.0453. The fourth-order valence-electron chi connectivity index (χ4n) is 2.94. The molecule has 0 spiro atoms. The summed E-state index contributed by atoms with van der Waals surface area (Å²) in [5.74, 6) is -1.65. The van der Waals surface area contributed by atoms with Crippen LogP contribution in [0.2, 0.25) is 0 Å². The van der Waals surface area contributed by atoms with Crippen molar-refractivity contribution >= 4 is 11.9 Å². The Balaban J connectivity index is 1.73. The fraction of sp³-hybridized carbons (Fsp3) is 0.588. The molecule has 1 saturated heterocycles. The number of carbonyl (C=O) groups excluding carboxylic acids is 1. The molecule has 12 nitrogen and oxygen atoms in total. The molecule has 3 N–H and O–H groups in total.